The van der Waals surface area contributed by atoms with Gasteiger partial charge in [-0.1, -0.05) is 30.3 Å². The number of halogens is 3. The minimum atomic E-state index is 0. The van der Waals surface area contributed by atoms with E-state index in [-0.39, 0.29) is 14.1 Å². The van der Waals surface area contributed by atoms with Crippen molar-refractivity contribution in [2.75, 3.05) is 0 Å². The largest absolute Gasteiger partial charge is 0.269 e. The maximum absolute atomic E-state index is 4.87. The third-order valence-electron chi connectivity index (χ3n) is 1.02. The monoisotopic (exact) mass is 183 g/mol. The van der Waals surface area contributed by atoms with Gasteiger partial charge in [-0.15, -0.1) is 0 Å². The number of rotatable bonds is 0. The van der Waals surface area contributed by atoms with Gasteiger partial charge in [0.25, 0.3) is 0 Å². The van der Waals surface area contributed by atoms with Crippen molar-refractivity contribution in [1.29, 1.82) is 0 Å². The van der Waals surface area contributed by atoms with Crippen molar-refractivity contribution in [3.05, 3.63) is 29.8 Å². The van der Waals surface area contributed by atoms with Crippen LogP contribution in [0.3, 0.4) is 0 Å². The van der Waals surface area contributed by atoms with Crippen LogP contribution in [0, 0.1) is 6.92 Å². The van der Waals surface area contributed by atoms with E-state index in [1.165, 1.54) is 5.56 Å². The molecule has 65 valence electrons. The van der Waals surface area contributed by atoms with Gasteiger partial charge in [0, 0.05) is 4.90 Å². The number of benzene rings is 1. The van der Waals surface area contributed by atoms with Crippen LogP contribution < -0.4 is 0 Å². The van der Waals surface area contributed by atoms with Gasteiger partial charge in [0.15, 0.2) is 0 Å². The summed E-state index contributed by atoms with van der Waals surface area (Å²) in [6, 6.07) is 7.90. The SMILES string of the molecule is Cc1ccc([S])cc1.F.F.F. The molecule has 11 heavy (non-hydrogen) atoms. The van der Waals surface area contributed by atoms with Crippen LogP contribution in [-0.4, -0.2) is 0 Å². The summed E-state index contributed by atoms with van der Waals surface area (Å²) in [5, 5.41) is 0. The van der Waals surface area contributed by atoms with E-state index >= 15 is 0 Å². The third kappa shape index (κ3) is 5.66. The Hall–Kier alpha value is -0.770. The fraction of sp³-hybridized carbons (Fsp3) is 0.143. The molecule has 0 N–H and O–H groups in total. The Morgan fingerprint density at radius 1 is 0.909 bits per heavy atom. The molecule has 0 spiro atoms. The fourth-order valence-electron chi connectivity index (χ4n) is 0.538. The Morgan fingerprint density at radius 2 is 1.27 bits per heavy atom. The molecule has 0 amide bonds. The lowest BCUT2D eigenvalue weighted by molar-refractivity contribution is 1.11. The molecule has 0 fully saturated rings. The van der Waals surface area contributed by atoms with Crippen molar-refractivity contribution in [3.63, 3.8) is 0 Å². The molecule has 4 heteroatoms. The molecule has 0 nitrogen and oxygen atoms in total. The van der Waals surface area contributed by atoms with E-state index in [0.29, 0.717) is 0 Å². The van der Waals surface area contributed by atoms with Crippen molar-refractivity contribution >= 4 is 12.6 Å². The highest BCUT2D eigenvalue weighted by molar-refractivity contribution is 7.80. The van der Waals surface area contributed by atoms with Gasteiger partial charge in [0.05, 0.1) is 0 Å². The first-order valence-electron chi connectivity index (χ1n) is 2.53. The summed E-state index contributed by atoms with van der Waals surface area (Å²) in [5.74, 6) is 0. The highest BCUT2D eigenvalue weighted by Crippen LogP contribution is 2.05. The van der Waals surface area contributed by atoms with Crippen molar-refractivity contribution in [1.82, 2.24) is 0 Å². The summed E-state index contributed by atoms with van der Waals surface area (Å²) < 4.78 is 0. The molecule has 1 radical (unpaired) electrons. The lowest BCUT2D eigenvalue weighted by Gasteiger charge is -1.88. The molecule has 0 bridgehead atoms. The van der Waals surface area contributed by atoms with Crippen molar-refractivity contribution < 1.29 is 14.1 Å². The van der Waals surface area contributed by atoms with E-state index < -0.39 is 0 Å². The Labute approximate surface area is 69.1 Å². The van der Waals surface area contributed by atoms with E-state index in [9.17, 15) is 0 Å². The number of hydrogen-bond donors (Lipinski definition) is 0. The highest BCUT2D eigenvalue weighted by Gasteiger charge is 1.81. The van der Waals surface area contributed by atoms with Crippen LogP contribution >= 0.6 is 12.6 Å². The van der Waals surface area contributed by atoms with Gasteiger partial charge in [-0.3, -0.25) is 14.1 Å². The fourth-order valence-corrected chi connectivity index (χ4v) is 0.674. The predicted octanol–water partition coefficient (Wildman–Crippen LogP) is 3.01. The Bertz CT molecular complexity index is 153. The van der Waals surface area contributed by atoms with Crippen molar-refractivity contribution in [2.45, 2.75) is 11.8 Å². The van der Waals surface area contributed by atoms with Crippen LogP contribution in [0.15, 0.2) is 29.2 Å². The summed E-state index contributed by atoms with van der Waals surface area (Å²) in [4.78, 5) is 0.913. The molecule has 1 rings (SSSR count). The summed E-state index contributed by atoms with van der Waals surface area (Å²) >= 11 is 4.87. The summed E-state index contributed by atoms with van der Waals surface area (Å²) in [5.41, 5.74) is 1.26. The molecule has 0 aliphatic rings. The maximum atomic E-state index is 4.87. The highest BCUT2D eigenvalue weighted by atomic mass is 32.1. The molecule has 0 saturated carbocycles. The van der Waals surface area contributed by atoms with E-state index in [1.807, 2.05) is 24.3 Å². The first-order chi connectivity index (χ1) is 3.79. The van der Waals surface area contributed by atoms with Crippen molar-refractivity contribution in [2.24, 2.45) is 0 Å². The number of hydrogen-bond acceptors (Lipinski definition) is 0. The van der Waals surface area contributed by atoms with Crippen LogP contribution in [0.2, 0.25) is 0 Å². The molecular formula is C7H10F3S. The average molecular weight is 183 g/mol. The molecule has 0 aliphatic carbocycles. The molecule has 1 aromatic carbocycles. The quantitative estimate of drug-likeness (QED) is 0.580. The van der Waals surface area contributed by atoms with Crippen LogP contribution in [0.4, 0.5) is 14.1 Å². The first kappa shape index (κ1) is 16.7. The standard InChI is InChI=1S/C7H7S.3FH/c1-6-2-4-7(8)5-3-6;;;/h2-5H,1H3;3*1H. The second kappa shape index (κ2) is 7.34. The zero-order valence-electron chi connectivity index (χ0n) is 5.94. The summed E-state index contributed by atoms with van der Waals surface area (Å²) in [7, 11) is 0. The normalized spacial score (nSPS) is 6.64. The second-order valence-corrected chi connectivity index (χ2v) is 2.28. The summed E-state index contributed by atoms with van der Waals surface area (Å²) in [6.45, 7) is 2.05. The minimum absolute atomic E-state index is 0. The van der Waals surface area contributed by atoms with Crippen LogP contribution in [0.1, 0.15) is 5.56 Å². The third-order valence-corrected chi connectivity index (χ3v) is 1.29. The molecule has 1 aromatic rings. The van der Waals surface area contributed by atoms with Crippen LogP contribution in [0.5, 0.6) is 0 Å². The molecule has 0 saturated heterocycles. The Kier molecular flexibility index (Phi) is 11.1. The van der Waals surface area contributed by atoms with Crippen molar-refractivity contribution in [3.8, 4) is 0 Å². The minimum Gasteiger partial charge on any atom is -0.269 e. The van der Waals surface area contributed by atoms with Gasteiger partial charge < -0.3 is 0 Å². The molecule has 0 aromatic heterocycles. The molecule has 0 aliphatic heterocycles. The topological polar surface area (TPSA) is 0 Å². The zero-order valence-corrected chi connectivity index (χ0v) is 6.76. The molecule has 0 atom stereocenters. The van der Waals surface area contributed by atoms with Gasteiger partial charge in [0.2, 0.25) is 0 Å². The van der Waals surface area contributed by atoms with Crippen LogP contribution in [-0.2, 0) is 0 Å². The van der Waals surface area contributed by atoms with Crippen LogP contribution in [0.25, 0.3) is 0 Å². The Morgan fingerprint density at radius 3 is 1.55 bits per heavy atom. The first-order valence-corrected chi connectivity index (χ1v) is 2.93. The smallest absolute Gasteiger partial charge is 0.0377 e. The van der Waals surface area contributed by atoms with E-state index in [0.717, 1.165) is 4.90 Å². The van der Waals surface area contributed by atoms with Gasteiger partial charge >= 0.3 is 0 Å². The maximum Gasteiger partial charge on any atom is 0.0377 e. The van der Waals surface area contributed by atoms with E-state index in [2.05, 4.69) is 6.92 Å². The average Bonchev–Trinajstić information content (AvgIpc) is 1.77. The molecule has 0 unspecified atom stereocenters. The van der Waals surface area contributed by atoms with Gasteiger partial charge in [-0.05, 0) is 19.1 Å². The van der Waals surface area contributed by atoms with Gasteiger partial charge in [-0.2, -0.15) is 0 Å². The van der Waals surface area contributed by atoms with E-state index in [1.54, 1.807) is 0 Å². The molecular weight excluding hydrogens is 173 g/mol. The lowest BCUT2D eigenvalue weighted by atomic mass is 10.2. The second-order valence-electron chi connectivity index (χ2n) is 1.81. The van der Waals surface area contributed by atoms with Gasteiger partial charge in [-0.25, -0.2) is 0 Å². The number of aryl methyl sites for hydroxylation is 1. The lowest BCUT2D eigenvalue weighted by Crippen LogP contribution is -1.67. The van der Waals surface area contributed by atoms with E-state index in [4.69, 9.17) is 12.6 Å². The van der Waals surface area contributed by atoms with Gasteiger partial charge in [0.1, 0.15) is 0 Å². The summed E-state index contributed by atoms with van der Waals surface area (Å²) in [6.07, 6.45) is 0. The molecule has 0 heterocycles. The Balaban J connectivity index is -0.000000213. The predicted molar refractivity (Wildman–Crippen MR) is 44.5 cm³/mol. The zero-order chi connectivity index (χ0) is 5.98.